The van der Waals surface area contributed by atoms with Crippen LogP contribution in [0, 0.1) is 0 Å². The number of ether oxygens (including phenoxy) is 1. The molecule has 0 spiro atoms. The SMILES string of the molecule is COc1ccc(-c2cc(C(=O)N(C)CC(=O)Nc3ccccc3)nn2-c2ccccc2)cc1. The Hall–Kier alpha value is -4.39. The summed E-state index contributed by atoms with van der Waals surface area (Å²) in [5.41, 5.74) is 3.40. The first-order chi connectivity index (χ1) is 16.0. The summed E-state index contributed by atoms with van der Waals surface area (Å²) in [6.45, 7) is -0.0935. The van der Waals surface area contributed by atoms with Crippen molar-refractivity contribution in [3.63, 3.8) is 0 Å². The highest BCUT2D eigenvalue weighted by Crippen LogP contribution is 2.26. The molecule has 0 radical (unpaired) electrons. The van der Waals surface area contributed by atoms with Crippen molar-refractivity contribution in [1.29, 1.82) is 0 Å². The van der Waals surface area contributed by atoms with E-state index in [2.05, 4.69) is 10.4 Å². The second-order valence-electron chi connectivity index (χ2n) is 7.47. The van der Waals surface area contributed by atoms with Gasteiger partial charge >= 0.3 is 0 Å². The fourth-order valence-corrected chi connectivity index (χ4v) is 3.42. The van der Waals surface area contributed by atoms with Crippen LogP contribution in [0.4, 0.5) is 5.69 Å². The summed E-state index contributed by atoms with van der Waals surface area (Å²) >= 11 is 0. The van der Waals surface area contributed by atoms with E-state index < -0.39 is 0 Å². The number of hydrogen-bond donors (Lipinski definition) is 1. The number of para-hydroxylation sites is 2. The molecular formula is C26H24N4O3. The Bertz CT molecular complexity index is 1240. The fraction of sp³-hybridized carbons (Fsp3) is 0.115. The summed E-state index contributed by atoms with van der Waals surface area (Å²) in [4.78, 5) is 26.9. The van der Waals surface area contributed by atoms with Crippen LogP contribution in [-0.4, -0.2) is 47.2 Å². The van der Waals surface area contributed by atoms with Gasteiger partial charge in [0.25, 0.3) is 5.91 Å². The monoisotopic (exact) mass is 440 g/mol. The topological polar surface area (TPSA) is 76.5 Å². The Morgan fingerprint density at radius 1 is 0.939 bits per heavy atom. The van der Waals surface area contributed by atoms with Gasteiger partial charge in [-0.05, 0) is 54.6 Å². The van der Waals surface area contributed by atoms with Crippen molar-refractivity contribution in [3.8, 4) is 22.7 Å². The summed E-state index contributed by atoms with van der Waals surface area (Å²) < 4.78 is 6.98. The van der Waals surface area contributed by atoms with E-state index in [1.807, 2.05) is 72.8 Å². The van der Waals surface area contributed by atoms with Crippen LogP contribution >= 0.6 is 0 Å². The molecule has 7 heteroatoms. The molecule has 0 saturated heterocycles. The molecule has 166 valence electrons. The predicted octanol–water partition coefficient (Wildman–Crippen LogP) is 4.26. The van der Waals surface area contributed by atoms with Crippen LogP contribution in [0.2, 0.25) is 0 Å². The molecule has 0 saturated carbocycles. The highest BCUT2D eigenvalue weighted by atomic mass is 16.5. The maximum Gasteiger partial charge on any atom is 0.274 e. The van der Waals surface area contributed by atoms with E-state index in [1.54, 1.807) is 37.0 Å². The summed E-state index contributed by atoms with van der Waals surface area (Å²) in [7, 11) is 3.20. The van der Waals surface area contributed by atoms with E-state index in [4.69, 9.17) is 4.74 Å². The number of nitrogens with one attached hydrogen (secondary N) is 1. The molecule has 1 aromatic heterocycles. The summed E-state index contributed by atoms with van der Waals surface area (Å²) in [5, 5.41) is 7.36. The van der Waals surface area contributed by atoms with Crippen LogP contribution in [0.25, 0.3) is 16.9 Å². The second kappa shape index (κ2) is 9.82. The number of likely N-dealkylation sites (N-methyl/N-ethyl adjacent to an activating group) is 1. The number of carbonyl (C=O) groups is 2. The minimum Gasteiger partial charge on any atom is -0.497 e. The van der Waals surface area contributed by atoms with Crippen LogP contribution in [-0.2, 0) is 4.79 Å². The number of anilines is 1. The largest absolute Gasteiger partial charge is 0.497 e. The summed E-state index contributed by atoms with van der Waals surface area (Å²) in [6, 6.07) is 28.0. The van der Waals surface area contributed by atoms with Gasteiger partial charge in [0.2, 0.25) is 5.91 Å². The molecule has 1 heterocycles. The lowest BCUT2D eigenvalue weighted by Gasteiger charge is -2.15. The molecule has 7 nitrogen and oxygen atoms in total. The predicted molar refractivity (Wildman–Crippen MR) is 128 cm³/mol. The number of methoxy groups -OCH3 is 1. The first kappa shape index (κ1) is 21.8. The first-order valence-electron chi connectivity index (χ1n) is 10.5. The molecule has 4 aromatic rings. The standard InChI is InChI=1S/C26H24N4O3/c1-29(18-25(31)27-20-9-5-3-6-10-20)26(32)23-17-24(19-13-15-22(33-2)16-14-19)30(28-23)21-11-7-4-8-12-21/h3-17H,18H2,1-2H3,(H,27,31). The second-order valence-corrected chi connectivity index (χ2v) is 7.47. The number of nitrogens with zero attached hydrogens (tertiary/aromatic N) is 3. The Labute approximate surface area is 192 Å². The minimum atomic E-state index is -0.345. The number of hydrogen-bond acceptors (Lipinski definition) is 4. The summed E-state index contributed by atoms with van der Waals surface area (Å²) in [6.07, 6.45) is 0. The van der Waals surface area contributed by atoms with E-state index >= 15 is 0 Å². The van der Waals surface area contributed by atoms with Crippen molar-refractivity contribution in [2.75, 3.05) is 26.0 Å². The molecule has 3 aromatic carbocycles. The Balaban J connectivity index is 1.59. The molecule has 0 fully saturated rings. The maximum absolute atomic E-state index is 13.1. The van der Waals surface area contributed by atoms with E-state index in [-0.39, 0.29) is 24.1 Å². The number of amides is 2. The van der Waals surface area contributed by atoms with Gasteiger partial charge in [-0.1, -0.05) is 36.4 Å². The first-order valence-corrected chi connectivity index (χ1v) is 10.5. The Kier molecular flexibility index (Phi) is 6.50. The van der Waals surface area contributed by atoms with Gasteiger partial charge in [0.05, 0.1) is 25.0 Å². The number of aromatic nitrogens is 2. The average Bonchev–Trinajstić information content (AvgIpc) is 3.30. The van der Waals surface area contributed by atoms with Gasteiger partial charge in [-0.15, -0.1) is 0 Å². The third-order valence-corrected chi connectivity index (χ3v) is 5.10. The number of rotatable bonds is 7. The van der Waals surface area contributed by atoms with Gasteiger partial charge in [0.1, 0.15) is 5.75 Å². The van der Waals surface area contributed by atoms with Gasteiger partial charge in [0.15, 0.2) is 5.69 Å². The minimum absolute atomic E-state index is 0.0935. The molecule has 0 aliphatic rings. The van der Waals surface area contributed by atoms with Gasteiger partial charge in [-0.2, -0.15) is 5.10 Å². The molecule has 0 aliphatic heterocycles. The molecule has 33 heavy (non-hydrogen) atoms. The van der Waals surface area contributed by atoms with Crippen LogP contribution < -0.4 is 10.1 Å². The summed E-state index contributed by atoms with van der Waals surface area (Å²) in [5.74, 6) is 0.113. The van der Waals surface area contributed by atoms with Gasteiger partial charge in [-0.3, -0.25) is 9.59 Å². The van der Waals surface area contributed by atoms with Crippen LogP contribution in [0.3, 0.4) is 0 Å². The fourth-order valence-electron chi connectivity index (χ4n) is 3.42. The van der Waals surface area contributed by atoms with Crippen molar-refractivity contribution >= 4 is 17.5 Å². The Morgan fingerprint density at radius 3 is 2.21 bits per heavy atom. The lowest BCUT2D eigenvalue weighted by atomic mass is 10.1. The van der Waals surface area contributed by atoms with E-state index in [0.29, 0.717) is 5.69 Å². The van der Waals surface area contributed by atoms with Crippen molar-refractivity contribution < 1.29 is 14.3 Å². The van der Waals surface area contributed by atoms with Crippen molar-refractivity contribution in [1.82, 2.24) is 14.7 Å². The van der Waals surface area contributed by atoms with E-state index in [1.165, 1.54) is 4.90 Å². The van der Waals surface area contributed by atoms with Crippen molar-refractivity contribution in [2.45, 2.75) is 0 Å². The normalized spacial score (nSPS) is 10.5. The third kappa shape index (κ3) is 5.10. The molecule has 2 amide bonds. The zero-order valence-electron chi connectivity index (χ0n) is 18.4. The van der Waals surface area contributed by atoms with E-state index in [0.717, 1.165) is 22.7 Å². The van der Waals surface area contributed by atoms with Gasteiger partial charge < -0.3 is 15.0 Å². The molecule has 0 unspecified atom stereocenters. The van der Waals surface area contributed by atoms with Crippen LogP contribution in [0.15, 0.2) is 91.0 Å². The molecule has 1 N–H and O–H groups in total. The third-order valence-electron chi connectivity index (χ3n) is 5.10. The average molecular weight is 441 g/mol. The van der Waals surface area contributed by atoms with Gasteiger partial charge in [0, 0.05) is 18.3 Å². The molecule has 4 rings (SSSR count). The van der Waals surface area contributed by atoms with Gasteiger partial charge in [-0.25, -0.2) is 4.68 Å². The van der Waals surface area contributed by atoms with Crippen LogP contribution in [0.5, 0.6) is 5.75 Å². The molecule has 0 aliphatic carbocycles. The maximum atomic E-state index is 13.1. The van der Waals surface area contributed by atoms with Crippen LogP contribution in [0.1, 0.15) is 10.5 Å². The molecular weight excluding hydrogens is 416 g/mol. The van der Waals surface area contributed by atoms with Crippen molar-refractivity contribution in [3.05, 3.63) is 96.7 Å². The van der Waals surface area contributed by atoms with E-state index in [9.17, 15) is 9.59 Å². The smallest absolute Gasteiger partial charge is 0.274 e. The van der Waals surface area contributed by atoms with Crippen molar-refractivity contribution in [2.24, 2.45) is 0 Å². The zero-order chi connectivity index (χ0) is 23.2. The quantitative estimate of drug-likeness (QED) is 0.466. The highest BCUT2D eigenvalue weighted by Gasteiger charge is 2.21. The Morgan fingerprint density at radius 2 is 1.58 bits per heavy atom. The zero-order valence-corrected chi connectivity index (χ0v) is 18.4. The number of benzene rings is 3. The lowest BCUT2D eigenvalue weighted by Crippen LogP contribution is -2.35. The highest BCUT2D eigenvalue weighted by molar-refractivity contribution is 5.98. The molecule has 0 bridgehead atoms. The molecule has 0 atom stereocenters. The lowest BCUT2D eigenvalue weighted by molar-refractivity contribution is -0.116. The number of carbonyl (C=O) groups excluding carboxylic acids is 2.